The van der Waals surface area contributed by atoms with Crippen LogP contribution in [0.5, 0.6) is 0 Å². The van der Waals surface area contributed by atoms with Crippen molar-refractivity contribution >= 4 is 18.1 Å². The molecule has 1 N–H and O–H groups in total. The number of carbonyl (C=O) groups is 2. The fourth-order valence-electron chi connectivity index (χ4n) is 3.46. The van der Waals surface area contributed by atoms with Gasteiger partial charge < -0.3 is 4.74 Å². The lowest BCUT2D eigenvalue weighted by Gasteiger charge is -2.34. The van der Waals surface area contributed by atoms with E-state index in [0.717, 1.165) is 5.56 Å². The number of pyridine rings is 1. The number of nitrogens with one attached hydrogen (secondary N) is 1. The van der Waals surface area contributed by atoms with Gasteiger partial charge in [-0.3, -0.25) is 14.6 Å². The van der Waals surface area contributed by atoms with E-state index in [0.29, 0.717) is 12.8 Å². The average Bonchev–Trinajstić information content (AvgIpc) is 2.78. The molecule has 1 saturated carbocycles. The second-order valence-corrected chi connectivity index (χ2v) is 6.66. The van der Waals surface area contributed by atoms with E-state index < -0.39 is 16.4 Å². The smallest absolute Gasteiger partial charge is 0.313 e. The molecule has 0 spiro atoms. The molecule has 1 aromatic heterocycles. The molecule has 2 heterocycles. The van der Waals surface area contributed by atoms with Crippen molar-refractivity contribution in [3.8, 4) is 0 Å². The molecule has 0 radical (unpaired) electrons. The van der Waals surface area contributed by atoms with E-state index in [1.165, 1.54) is 6.21 Å². The van der Waals surface area contributed by atoms with Crippen LogP contribution in [0.2, 0.25) is 0 Å². The summed E-state index contributed by atoms with van der Waals surface area (Å²) in [5, 5.41) is 3.96. The van der Waals surface area contributed by atoms with Crippen molar-refractivity contribution in [2.45, 2.75) is 39.2 Å². The van der Waals surface area contributed by atoms with Gasteiger partial charge in [0, 0.05) is 23.4 Å². The first-order valence-corrected chi connectivity index (χ1v) is 7.30. The molecule has 2 fully saturated rings. The summed E-state index contributed by atoms with van der Waals surface area (Å²) in [6, 6.07) is 3.61. The van der Waals surface area contributed by atoms with Gasteiger partial charge in [-0.1, -0.05) is 19.9 Å². The Balaban J connectivity index is 1.78. The van der Waals surface area contributed by atoms with Crippen LogP contribution in [0.3, 0.4) is 0 Å². The fourth-order valence-corrected chi connectivity index (χ4v) is 3.46. The van der Waals surface area contributed by atoms with E-state index >= 15 is 0 Å². The number of fused-ring (bicyclic) bond motifs is 2. The second kappa shape index (κ2) is 4.63. The topological polar surface area (TPSA) is 80.7 Å². The number of carbonyl (C=O) groups excluding carboxylic acids is 2. The van der Waals surface area contributed by atoms with Gasteiger partial charge in [-0.25, -0.2) is 5.43 Å². The number of esters is 1. The summed E-state index contributed by atoms with van der Waals surface area (Å²) in [6.07, 6.45) is 5.99. The average molecular weight is 301 g/mol. The molecule has 2 atom stereocenters. The quantitative estimate of drug-likeness (QED) is 0.523. The zero-order valence-electron chi connectivity index (χ0n) is 12.9. The van der Waals surface area contributed by atoms with E-state index in [1.807, 2.05) is 26.8 Å². The SMILES string of the molecule is CC12CCC(C(=O)NN=Cc3cccnc3)(OC1=O)C2(C)C. The number of hydrazone groups is 1. The molecule has 0 aromatic carbocycles. The highest BCUT2D eigenvalue weighted by Crippen LogP contribution is 2.65. The van der Waals surface area contributed by atoms with Gasteiger partial charge in [0.2, 0.25) is 0 Å². The van der Waals surface area contributed by atoms with Crippen LogP contribution < -0.4 is 5.43 Å². The van der Waals surface area contributed by atoms with Gasteiger partial charge >= 0.3 is 5.97 Å². The molecular formula is C16H19N3O3. The van der Waals surface area contributed by atoms with Crippen molar-refractivity contribution in [2.75, 3.05) is 0 Å². The Morgan fingerprint density at radius 2 is 2.18 bits per heavy atom. The molecule has 116 valence electrons. The standard InChI is InChI=1S/C16H19N3O3/c1-14(2)15(3)6-7-16(14,22-13(15)21)12(20)19-18-10-11-5-4-8-17-9-11/h4-5,8-10H,6-7H2,1-3H3,(H,19,20). The number of ether oxygens (including phenoxy) is 1. The zero-order chi connectivity index (χ0) is 16.0. The number of nitrogens with zero attached hydrogens (tertiary/aromatic N) is 2. The van der Waals surface area contributed by atoms with Crippen LogP contribution in [0.15, 0.2) is 29.6 Å². The van der Waals surface area contributed by atoms with Gasteiger partial charge in [0.15, 0.2) is 5.60 Å². The number of hydrogen-bond acceptors (Lipinski definition) is 5. The maximum absolute atomic E-state index is 12.6. The molecule has 3 rings (SSSR count). The lowest BCUT2D eigenvalue weighted by molar-refractivity contribution is -0.168. The van der Waals surface area contributed by atoms with Crippen LogP contribution in [0.4, 0.5) is 0 Å². The minimum absolute atomic E-state index is 0.296. The molecule has 1 amide bonds. The third-order valence-electron chi connectivity index (χ3n) is 5.51. The van der Waals surface area contributed by atoms with E-state index in [-0.39, 0.29) is 11.9 Å². The molecule has 2 bridgehead atoms. The zero-order valence-corrected chi connectivity index (χ0v) is 12.9. The fraction of sp³-hybridized carbons (Fsp3) is 0.500. The third kappa shape index (κ3) is 1.73. The predicted octanol–water partition coefficient (Wildman–Crippen LogP) is 1.65. The molecule has 6 nitrogen and oxygen atoms in total. The van der Waals surface area contributed by atoms with Crippen LogP contribution in [-0.2, 0) is 14.3 Å². The highest BCUT2D eigenvalue weighted by molar-refractivity contribution is 5.96. The summed E-state index contributed by atoms with van der Waals surface area (Å²) in [7, 11) is 0. The Kier molecular flexibility index (Phi) is 3.09. The predicted molar refractivity (Wildman–Crippen MR) is 79.9 cm³/mol. The highest BCUT2D eigenvalue weighted by atomic mass is 16.6. The molecule has 1 aliphatic carbocycles. The molecule has 1 aromatic rings. The maximum Gasteiger partial charge on any atom is 0.313 e. The van der Waals surface area contributed by atoms with Gasteiger partial charge in [0.1, 0.15) is 0 Å². The Bertz CT molecular complexity index is 656. The van der Waals surface area contributed by atoms with Crippen molar-refractivity contribution in [3.63, 3.8) is 0 Å². The summed E-state index contributed by atoms with van der Waals surface area (Å²) in [5.74, 6) is -0.664. The normalized spacial score (nSPS) is 32.2. The Labute approximate surface area is 129 Å². The number of rotatable bonds is 3. The molecule has 2 unspecified atom stereocenters. The van der Waals surface area contributed by atoms with Crippen molar-refractivity contribution < 1.29 is 14.3 Å². The lowest BCUT2D eigenvalue weighted by atomic mass is 9.66. The van der Waals surface area contributed by atoms with Gasteiger partial charge in [0.05, 0.1) is 11.6 Å². The van der Waals surface area contributed by atoms with Crippen LogP contribution in [-0.4, -0.2) is 28.7 Å². The summed E-state index contributed by atoms with van der Waals surface area (Å²) in [6.45, 7) is 5.70. The molecule has 22 heavy (non-hydrogen) atoms. The van der Waals surface area contributed by atoms with Crippen molar-refractivity contribution in [1.29, 1.82) is 0 Å². The van der Waals surface area contributed by atoms with Crippen molar-refractivity contribution in [2.24, 2.45) is 15.9 Å². The number of hydrogen-bond donors (Lipinski definition) is 1. The van der Waals surface area contributed by atoms with Gasteiger partial charge in [-0.2, -0.15) is 5.10 Å². The van der Waals surface area contributed by atoms with E-state index in [2.05, 4.69) is 15.5 Å². The number of aromatic nitrogens is 1. The van der Waals surface area contributed by atoms with Crippen molar-refractivity contribution in [3.05, 3.63) is 30.1 Å². The molecule has 2 aliphatic rings. The molecule has 1 saturated heterocycles. The Morgan fingerprint density at radius 3 is 2.73 bits per heavy atom. The van der Waals surface area contributed by atoms with Crippen LogP contribution in [0.25, 0.3) is 0 Å². The first-order valence-electron chi connectivity index (χ1n) is 7.30. The summed E-state index contributed by atoms with van der Waals surface area (Å²) in [5.41, 5.74) is 0.975. The first-order chi connectivity index (χ1) is 10.3. The van der Waals surface area contributed by atoms with Crippen molar-refractivity contribution in [1.82, 2.24) is 10.4 Å². The highest BCUT2D eigenvalue weighted by Gasteiger charge is 2.75. The van der Waals surface area contributed by atoms with Crippen LogP contribution in [0, 0.1) is 10.8 Å². The first kappa shape index (κ1) is 14.7. The van der Waals surface area contributed by atoms with Crippen LogP contribution in [0.1, 0.15) is 39.2 Å². The number of amides is 1. The van der Waals surface area contributed by atoms with Gasteiger partial charge in [0.25, 0.3) is 5.91 Å². The van der Waals surface area contributed by atoms with Gasteiger partial charge in [-0.05, 0) is 25.8 Å². The largest absolute Gasteiger partial charge is 0.448 e. The minimum atomic E-state index is -1.13. The molecule has 6 heteroatoms. The summed E-state index contributed by atoms with van der Waals surface area (Å²) in [4.78, 5) is 28.7. The van der Waals surface area contributed by atoms with E-state index in [9.17, 15) is 9.59 Å². The van der Waals surface area contributed by atoms with Crippen LogP contribution >= 0.6 is 0 Å². The molecule has 1 aliphatic heterocycles. The lowest BCUT2D eigenvalue weighted by Crippen LogP contribution is -2.52. The maximum atomic E-state index is 12.6. The van der Waals surface area contributed by atoms with E-state index in [1.54, 1.807) is 18.5 Å². The summed E-state index contributed by atoms with van der Waals surface area (Å²) >= 11 is 0. The van der Waals surface area contributed by atoms with E-state index in [4.69, 9.17) is 4.74 Å². The van der Waals surface area contributed by atoms with Gasteiger partial charge in [-0.15, -0.1) is 0 Å². The monoisotopic (exact) mass is 301 g/mol. The summed E-state index contributed by atoms with van der Waals surface area (Å²) < 4.78 is 5.49. The Hall–Kier alpha value is -2.24. The molecular weight excluding hydrogens is 282 g/mol. The minimum Gasteiger partial charge on any atom is -0.448 e. The Morgan fingerprint density at radius 1 is 1.41 bits per heavy atom. The third-order valence-corrected chi connectivity index (χ3v) is 5.51. The second-order valence-electron chi connectivity index (χ2n) is 6.66.